The number of hydrogen-bond donors (Lipinski definition) is 2. The highest BCUT2D eigenvalue weighted by atomic mass is 16.5. The van der Waals surface area contributed by atoms with Crippen LogP contribution in [0.1, 0.15) is 19.4 Å². The number of pyridine rings is 1. The molecular formula is C10H15N3O2. The number of aromatic nitrogens is 1. The smallest absolute Gasteiger partial charge is 0.343 e. The monoisotopic (exact) mass is 209 g/mol. The third-order valence-corrected chi connectivity index (χ3v) is 1.76. The summed E-state index contributed by atoms with van der Waals surface area (Å²) in [4.78, 5) is 15.1. The molecule has 1 aromatic heterocycles. The van der Waals surface area contributed by atoms with Crippen molar-refractivity contribution < 1.29 is 10.0 Å². The Hall–Kier alpha value is -1.78. The van der Waals surface area contributed by atoms with E-state index in [1.165, 1.54) is 6.20 Å². The molecule has 1 heterocycles. The zero-order valence-corrected chi connectivity index (χ0v) is 9.06. The first-order valence-electron chi connectivity index (χ1n) is 4.73. The van der Waals surface area contributed by atoms with Crippen molar-refractivity contribution in [2.45, 2.75) is 26.8 Å². The molecule has 0 spiro atoms. The van der Waals surface area contributed by atoms with Gasteiger partial charge in [-0.15, -0.1) is 0 Å². The molecule has 0 aliphatic carbocycles. The number of hydrogen-bond acceptors (Lipinski definition) is 2. The molecule has 82 valence electrons. The van der Waals surface area contributed by atoms with E-state index in [0.717, 1.165) is 10.3 Å². The summed E-state index contributed by atoms with van der Waals surface area (Å²) in [6, 6.07) is 3.02. The van der Waals surface area contributed by atoms with E-state index >= 15 is 0 Å². The van der Waals surface area contributed by atoms with Crippen LogP contribution in [0.4, 0.5) is 4.79 Å². The van der Waals surface area contributed by atoms with Crippen LogP contribution < -0.4 is 10.8 Å². The summed E-state index contributed by atoms with van der Waals surface area (Å²) < 4.78 is 0.829. The number of rotatable bonds is 1. The van der Waals surface area contributed by atoms with Crippen LogP contribution in [0, 0.1) is 6.92 Å². The Morgan fingerprint density at radius 2 is 2.27 bits per heavy atom. The maximum atomic E-state index is 11.3. The number of nitrogens with zero attached hydrogens (tertiary/aromatic N) is 2. The Morgan fingerprint density at radius 1 is 1.60 bits per heavy atom. The van der Waals surface area contributed by atoms with Crippen LogP contribution in [-0.2, 0) is 0 Å². The summed E-state index contributed by atoms with van der Waals surface area (Å²) >= 11 is 0. The molecule has 0 atom stereocenters. The van der Waals surface area contributed by atoms with Crippen molar-refractivity contribution in [1.82, 2.24) is 10.0 Å². The van der Waals surface area contributed by atoms with Gasteiger partial charge in [0.2, 0.25) is 0 Å². The maximum absolute atomic E-state index is 11.3. The SMILES string of the molecule is Cc1cccn(O)/c1=N/C(=O)NC(C)C. The van der Waals surface area contributed by atoms with Gasteiger partial charge >= 0.3 is 6.03 Å². The van der Waals surface area contributed by atoms with Crippen molar-refractivity contribution in [2.75, 3.05) is 0 Å². The van der Waals surface area contributed by atoms with E-state index in [0.29, 0.717) is 0 Å². The Balaban J connectivity index is 3.05. The highest BCUT2D eigenvalue weighted by Gasteiger charge is 2.02. The Labute approximate surface area is 88.0 Å². The van der Waals surface area contributed by atoms with Crippen molar-refractivity contribution in [2.24, 2.45) is 4.99 Å². The van der Waals surface area contributed by atoms with E-state index in [-0.39, 0.29) is 11.5 Å². The molecule has 0 fully saturated rings. The molecule has 2 N–H and O–H groups in total. The summed E-state index contributed by atoms with van der Waals surface area (Å²) in [5.41, 5.74) is 0.981. The Morgan fingerprint density at radius 3 is 2.80 bits per heavy atom. The van der Waals surface area contributed by atoms with E-state index in [1.807, 2.05) is 13.8 Å². The van der Waals surface area contributed by atoms with E-state index in [1.54, 1.807) is 19.1 Å². The van der Waals surface area contributed by atoms with Gasteiger partial charge in [0.05, 0.1) is 0 Å². The number of urea groups is 1. The van der Waals surface area contributed by atoms with Gasteiger partial charge in [-0.05, 0) is 32.4 Å². The first-order valence-corrected chi connectivity index (χ1v) is 4.73. The first kappa shape index (κ1) is 11.3. The lowest BCUT2D eigenvalue weighted by Gasteiger charge is -2.05. The van der Waals surface area contributed by atoms with Gasteiger partial charge in [-0.2, -0.15) is 9.72 Å². The standard InChI is InChI=1S/C10H15N3O2/c1-7(2)11-10(14)12-9-8(3)5-4-6-13(9)15/h4-7,15H,1-3H3,(H,11,14)/b12-9+. The van der Waals surface area contributed by atoms with E-state index in [2.05, 4.69) is 10.3 Å². The molecule has 5 heteroatoms. The zero-order chi connectivity index (χ0) is 11.4. The number of nitrogens with one attached hydrogen (secondary N) is 1. The lowest BCUT2D eigenvalue weighted by Crippen LogP contribution is -2.31. The van der Waals surface area contributed by atoms with Gasteiger partial charge < -0.3 is 10.5 Å². The topological polar surface area (TPSA) is 66.6 Å². The number of carbonyl (C=O) groups excluding carboxylic acids is 1. The predicted octanol–water partition coefficient (Wildman–Crippen LogP) is 1.05. The lowest BCUT2D eigenvalue weighted by molar-refractivity contribution is 0.170. The minimum atomic E-state index is -0.456. The molecule has 0 bridgehead atoms. The van der Waals surface area contributed by atoms with Crippen LogP contribution in [-0.4, -0.2) is 22.0 Å². The van der Waals surface area contributed by atoms with Crippen LogP contribution in [0.15, 0.2) is 23.3 Å². The normalized spacial score (nSPS) is 11.9. The summed E-state index contributed by atoms with van der Waals surface area (Å²) in [6.07, 6.45) is 1.43. The second-order valence-electron chi connectivity index (χ2n) is 3.58. The molecule has 0 aliphatic heterocycles. The van der Waals surface area contributed by atoms with Crippen LogP contribution in [0.3, 0.4) is 0 Å². The highest BCUT2D eigenvalue weighted by molar-refractivity contribution is 5.75. The molecule has 5 nitrogen and oxygen atoms in total. The van der Waals surface area contributed by atoms with Crippen LogP contribution >= 0.6 is 0 Å². The third-order valence-electron chi connectivity index (χ3n) is 1.76. The van der Waals surface area contributed by atoms with Gasteiger partial charge in [-0.25, -0.2) is 4.79 Å². The van der Waals surface area contributed by atoms with E-state index in [9.17, 15) is 10.0 Å². The average molecular weight is 209 g/mol. The molecule has 0 saturated heterocycles. The zero-order valence-electron chi connectivity index (χ0n) is 9.06. The van der Waals surface area contributed by atoms with Crippen LogP contribution in [0.5, 0.6) is 0 Å². The molecule has 0 radical (unpaired) electrons. The highest BCUT2D eigenvalue weighted by Crippen LogP contribution is 1.88. The van der Waals surface area contributed by atoms with Crippen molar-refractivity contribution in [1.29, 1.82) is 0 Å². The fourth-order valence-electron chi connectivity index (χ4n) is 1.11. The molecule has 1 aromatic rings. The molecule has 2 amide bonds. The average Bonchev–Trinajstić information content (AvgIpc) is 2.10. The van der Waals surface area contributed by atoms with E-state index in [4.69, 9.17) is 0 Å². The number of carbonyl (C=O) groups is 1. The largest absolute Gasteiger partial charge is 0.427 e. The minimum Gasteiger partial charge on any atom is -0.427 e. The van der Waals surface area contributed by atoms with Crippen molar-refractivity contribution >= 4 is 6.03 Å². The predicted molar refractivity (Wildman–Crippen MR) is 55.6 cm³/mol. The van der Waals surface area contributed by atoms with Gasteiger partial charge in [0.25, 0.3) is 0 Å². The maximum Gasteiger partial charge on any atom is 0.343 e. The number of aryl methyl sites for hydroxylation is 1. The van der Waals surface area contributed by atoms with Gasteiger partial charge in [0.1, 0.15) is 0 Å². The number of amides is 2. The summed E-state index contributed by atoms with van der Waals surface area (Å²) in [7, 11) is 0. The fourth-order valence-corrected chi connectivity index (χ4v) is 1.11. The van der Waals surface area contributed by atoms with Crippen molar-refractivity contribution in [3.05, 3.63) is 29.4 Å². The third kappa shape index (κ3) is 3.12. The fraction of sp³-hybridized carbons (Fsp3) is 0.400. The first-order chi connectivity index (χ1) is 7.00. The molecular weight excluding hydrogens is 194 g/mol. The molecule has 0 unspecified atom stereocenters. The molecule has 0 aliphatic rings. The Bertz CT molecular complexity index is 398. The summed E-state index contributed by atoms with van der Waals surface area (Å²) in [5, 5.41) is 12.0. The molecule has 0 aromatic carbocycles. The van der Waals surface area contributed by atoms with Gasteiger partial charge in [-0.3, -0.25) is 0 Å². The minimum absolute atomic E-state index is 0.0254. The van der Waals surface area contributed by atoms with Crippen LogP contribution in [0.2, 0.25) is 0 Å². The summed E-state index contributed by atoms with van der Waals surface area (Å²) in [6.45, 7) is 5.46. The molecule has 1 rings (SSSR count). The van der Waals surface area contributed by atoms with E-state index < -0.39 is 6.03 Å². The van der Waals surface area contributed by atoms with Crippen molar-refractivity contribution in [3.63, 3.8) is 0 Å². The second-order valence-corrected chi connectivity index (χ2v) is 3.58. The quantitative estimate of drug-likeness (QED) is 0.679. The van der Waals surface area contributed by atoms with Gasteiger partial charge in [0, 0.05) is 12.2 Å². The van der Waals surface area contributed by atoms with Gasteiger partial charge in [0.15, 0.2) is 5.49 Å². The molecule has 15 heavy (non-hydrogen) atoms. The Kier molecular flexibility index (Phi) is 3.49. The van der Waals surface area contributed by atoms with Crippen molar-refractivity contribution in [3.8, 4) is 0 Å². The lowest BCUT2D eigenvalue weighted by atomic mass is 10.3. The summed E-state index contributed by atoms with van der Waals surface area (Å²) in [5.74, 6) is 0. The van der Waals surface area contributed by atoms with Gasteiger partial charge in [-0.1, -0.05) is 6.07 Å². The second kappa shape index (κ2) is 4.63. The van der Waals surface area contributed by atoms with Crippen LogP contribution in [0.25, 0.3) is 0 Å². The molecule has 0 saturated carbocycles.